The lowest BCUT2D eigenvalue weighted by Crippen LogP contribution is -2.27. The third-order valence-corrected chi connectivity index (χ3v) is 3.45. The average Bonchev–Trinajstić information content (AvgIpc) is 2.29. The molecule has 2 rings (SSSR count). The lowest BCUT2D eigenvalue weighted by atomic mass is 9.87. The largest absolute Gasteiger partial charge is 0.478 e. The summed E-state index contributed by atoms with van der Waals surface area (Å²) in [6, 6.07) is 7.55. The van der Waals surface area contributed by atoms with E-state index in [4.69, 9.17) is 5.11 Å². The number of carbonyl (C=O) groups is 1. The van der Waals surface area contributed by atoms with Crippen LogP contribution in [-0.4, -0.2) is 17.1 Å². The second-order valence-electron chi connectivity index (χ2n) is 4.96. The molecule has 0 bridgehead atoms. The summed E-state index contributed by atoms with van der Waals surface area (Å²) in [5, 5.41) is 12.5. The third kappa shape index (κ3) is 2.99. The number of carboxylic acids is 1. The first kappa shape index (κ1) is 12.0. The van der Waals surface area contributed by atoms with E-state index >= 15 is 0 Å². The Morgan fingerprint density at radius 1 is 1.35 bits per heavy atom. The van der Waals surface area contributed by atoms with E-state index in [0.717, 1.165) is 24.4 Å². The standard InChI is InChI=1S/C14H19NO2/c1-10-5-4-6-11(9-10)15-13-8-3-2-7-12(13)14(16)17/h2-3,7-8,10-11,15H,4-6,9H2,1H3,(H,16,17)/t10-,11-/m1/s1. The van der Waals surface area contributed by atoms with Crippen LogP contribution in [0.15, 0.2) is 24.3 Å². The van der Waals surface area contributed by atoms with Crippen LogP contribution in [0.4, 0.5) is 5.69 Å². The first-order valence-corrected chi connectivity index (χ1v) is 6.25. The summed E-state index contributed by atoms with van der Waals surface area (Å²) >= 11 is 0. The summed E-state index contributed by atoms with van der Waals surface area (Å²) in [6.07, 6.45) is 4.79. The number of anilines is 1. The summed E-state index contributed by atoms with van der Waals surface area (Å²) in [4.78, 5) is 11.1. The van der Waals surface area contributed by atoms with Crippen molar-refractivity contribution in [2.75, 3.05) is 5.32 Å². The van der Waals surface area contributed by atoms with Gasteiger partial charge in [-0.05, 0) is 30.9 Å². The highest BCUT2D eigenvalue weighted by atomic mass is 16.4. The van der Waals surface area contributed by atoms with Gasteiger partial charge in [-0.15, -0.1) is 0 Å². The van der Waals surface area contributed by atoms with E-state index < -0.39 is 5.97 Å². The van der Waals surface area contributed by atoms with Crippen LogP contribution < -0.4 is 5.32 Å². The zero-order valence-corrected chi connectivity index (χ0v) is 10.1. The summed E-state index contributed by atoms with van der Waals surface area (Å²) in [5.74, 6) is -0.129. The fourth-order valence-corrected chi connectivity index (χ4v) is 2.58. The second-order valence-corrected chi connectivity index (χ2v) is 4.96. The highest BCUT2D eigenvalue weighted by Crippen LogP contribution is 2.27. The molecule has 2 N–H and O–H groups in total. The SMILES string of the molecule is C[C@@H]1CCC[C@@H](Nc2ccccc2C(=O)O)C1. The lowest BCUT2D eigenvalue weighted by molar-refractivity contribution is 0.0698. The Labute approximate surface area is 102 Å². The van der Waals surface area contributed by atoms with Crippen LogP contribution >= 0.6 is 0 Å². The summed E-state index contributed by atoms with van der Waals surface area (Å²) in [7, 11) is 0. The quantitative estimate of drug-likeness (QED) is 0.841. The second kappa shape index (κ2) is 5.21. The molecule has 1 aliphatic rings. The fraction of sp³-hybridized carbons (Fsp3) is 0.500. The molecule has 3 heteroatoms. The number of rotatable bonds is 3. The molecule has 1 aromatic carbocycles. The van der Waals surface area contributed by atoms with Crippen LogP contribution in [0, 0.1) is 5.92 Å². The zero-order chi connectivity index (χ0) is 12.3. The van der Waals surface area contributed by atoms with Crippen LogP contribution in [0.2, 0.25) is 0 Å². The molecule has 0 amide bonds. The first-order chi connectivity index (χ1) is 8.16. The van der Waals surface area contributed by atoms with Crippen molar-refractivity contribution in [3.8, 4) is 0 Å². The Morgan fingerprint density at radius 3 is 2.82 bits per heavy atom. The molecule has 0 aromatic heterocycles. The number of hydrogen-bond acceptors (Lipinski definition) is 2. The molecule has 2 atom stereocenters. The molecular weight excluding hydrogens is 214 g/mol. The van der Waals surface area contributed by atoms with Crippen LogP contribution in [0.5, 0.6) is 0 Å². The smallest absolute Gasteiger partial charge is 0.337 e. The van der Waals surface area contributed by atoms with Gasteiger partial charge in [0.05, 0.1) is 5.56 Å². The van der Waals surface area contributed by atoms with E-state index in [-0.39, 0.29) is 0 Å². The molecule has 1 aromatic rings. The summed E-state index contributed by atoms with van der Waals surface area (Å²) < 4.78 is 0. The molecule has 0 heterocycles. The Balaban J connectivity index is 2.10. The maximum Gasteiger partial charge on any atom is 0.337 e. The molecule has 17 heavy (non-hydrogen) atoms. The number of aromatic carboxylic acids is 1. The lowest BCUT2D eigenvalue weighted by Gasteiger charge is -2.28. The van der Waals surface area contributed by atoms with Gasteiger partial charge in [0.1, 0.15) is 0 Å². The van der Waals surface area contributed by atoms with Crippen molar-refractivity contribution < 1.29 is 9.90 Å². The van der Waals surface area contributed by atoms with Gasteiger partial charge in [-0.1, -0.05) is 31.9 Å². The molecule has 92 valence electrons. The molecule has 1 fully saturated rings. The zero-order valence-electron chi connectivity index (χ0n) is 10.1. The molecule has 3 nitrogen and oxygen atoms in total. The fourth-order valence-electron chi connectivity index (χ4n) is 2.58. The maximum absolute atomic E-state index is 11.1. The molecule has 1 aliphatic carbocycles. The normalized spacial score (nSPS) is 24.3. The average molecular weight is 233 g/mol. The van der Waals surface area contributed by atoms with Gasteiger partial charge in [-0.2, -0.15) is 0 Å². The van der Waals surface area contributed by atoms with Gasteiger partial charge in [0, 0.05) is 11.7 Å². The topological polar surface area (TPSA) is 49.3 Å². The van der Waals surface area contributed by atoms with E-state index in [9.17, 15) is 4.79 Å². The number of para-hydroxylation sites is 1. The highest BCUT2D eigenvalue weighted by Gasteiger charge is 2.20. The van der Waals surface area contributed by atoms with Crippen molar-refractivity contribution >= 4 is 11.7 Å². The monoisotopic (exact) mass is 233 g/mol. The van der Waals surface area contributed by atoms with Gasteiger partial charge in [0.15, 0.2) is 0 Å². The number of carboxylic acid groups (broad SMARTS) is 1. The number of benzene rings is 1. The minimum atomic E-state index is -0.864. The van der Waals surface area contributed by atoms with Gasteiger partial charge in [0.25, 0.3) is 0 Å². The summed E-state index contributed by atoms with van der Waals surface area (Å²) in [5.41, 5.74) is 1.12. The van der Waals surface area contributed by atoms with Crippen LogP contribution in [-0.2, 0) is 0 Å². The Morgan fingerprint density at radius 2 is 2.12 bits per heavy atom. The number of hydrogen-bond donors (Lipinski definition) is 2. The molecule has 0 unspecified atom stereocenters. The third-order valence-electron chi connectivity index (χ3n) is 3.45. The van der Waals surface area contributed by atoms with E-state index in [1.165, 1.54) is 12.8 Å². The van der Waals surface area contributed by atoms with Crippen LogP contribution in [0.3, 0.4) is 0 Å². The van der Waals surface area contributed by atoms with Crippen molar-refractivity contribution in [3.63, 3.8) is 0 Å². The minimum Gasteiger partial charge on any atom is -0.478 e. The van der Waals surface area contributed by atoms with Crippen molar-refractivity contribution in [2.24, 2.45) is 5.92 Å². The molecule has 1 saturated carbocycles. The molecular formula is C14H19NO2. The minimum absolute atomic E-state index is 0.366. The molecule has 0 radical (unpaired) electrons. The highest BCUT2D eigenvalue weighted by molar-refractivity contribution is 5.94. The van der Waals surface area contributed by atoms with Crippen molar-refractivity contribution in [1.82, 2.24) is 0 Å². The van der Waals surface area contributed by atoms with E-state index in [0.29, 0.717) is 11.6 Å². The van der Waals surface area contributed by atoms with Crippen LogP contribution in [0.25, 0.3) is 0 Å². The Hall–Kier alpha value is -1.51. The summed E-state index contributed by atoms with van der Waals surface area (Å²) in [6.45, 7) is 2.26. The van der Waals surface area contributed by atoms with Crippen molar-refractivity contribution in [1.29, 1.82) is 0 Å². The Kier molecular flexibility index (Phi) is 3.67. The van der Waals surface area contributed by atoms with Crippen molar-refractivity contribution in [3.05, 3.63) is 29.8 Å². The predicted octanol–water partition coefficient (Wildman–Crippen LogP) is 3.38. The molecule has 0 saturated heterocycles. The Bertz CT molecular complexity index is 403. The number of nitrogens with one attached hydrogen (secondary N) is 1. The van der Waals surface area contributed by atoms with Gasteiger partial charge < -0.3 is 10.4 Å². The van der Waals surface area contributed by atoms with Crippen molar-refractivity contribution in [2.45, 2.75) is 38.6 Å². The van der Waals surface area contributed by atoms with E-state index in [1.807, 2.05) is 12.1 Å². The van der Waals surface area contributed by atoms with Gasteiger partial charge in [-0.25, -0.2) is 4.79 Å². The van der Waals surface area contributed by atoms with E-state index in [1.54, 1.807) is 12.1 Å². The first-order valence-electron chi connectivity index (χ1n) is 6.25. The van der Waals surface area contributed by atoms with Gasteiger partial charge >= 0.3 is 5.97 Å². The molecule has 0 aliphatic heterocycles. The van der Waals surface area contributed by atoms with Gasteiger partial charge in [0.2, 0.25) is 0 Å². The van der Waals surface area contributed by atoms with Crippen LogP contribution in [0.1, 0.15) is 43.0 Å². The molecule has 0 spiro atoms. The van der Waals surface area contributed by atoms with E-state index in [2.05, 4.69) is 12.2 Å². The predicted molar refractivity (Wildman–Crippen MR) is 68.4 cm³/mol. The maximum atomic E-state index is 11.1. The van der Waals surface area contributed by atoms with Gasteiger partial charge in [-0.3, -0.25) is 0 Å².